The lowest BCUT2D eigenvalue weighted by Crippen LogP contribution is -2.51. The molecule has 7 nitrogen and oxygen atoms in total. The normalized spacial score (nSPS) is 24.1. The Labute approximate surface area is 110 Å². The summed E-state index contributed by atoms with van der Waals surface area (Å²) in [4.78, 5) is 23.2. The zero-order valence-corrected chi connectivity index (χ0v) is 11.3. The van der Waals surface area contributed by atoms with Crippen molar-refractivity contribution < 1.29 is 22.7 Å². The molecule has 0 aromatic carbocycles. The lowest BCUT2D eigenvalue weighted by Gasteiger charge is -2.30. The van der Waals surface area contributed by atoms with Crippen molar-refractivity contribution in [2.24, 2.45) is 0 Å². The Morgan fingerprint density at radius 2 is 1.78 bits per heavy atom. The van der Waals surface area contributed by atoms with Crippen LogP contribution in [0.15, 0.2) is 0 Å². The molecule has 2 rings (SSSR count). The minimum absolute atomic E-state index is 0.0667. The summed E-state index contributed by atoms with van der Waals surface area (Å²) in [6.07, 6.45) is 0.492. The van der Waals surface area contributed by atoms with E-state index in [1.807, 2.05) is 0 Å². The van der Waals surface area contributed by atoms with Crippen molar-refractivity contribution in [1.82, 2.24) is 8.61 Å². The van der Waals surface area contributed by atoms with Crippen LogP contribution in [0, 0.1) is 0 Å². The second-order valence-electron chi connectivity index (χ2n) is 3.89. The number of ether oxygens (including phenoxy) is 1. The van der Waals surface area contributed by atoms with Gasteiger partial charge in [-0.15, -0.1) is 0 Å². The highest BCUT2D eigenvalue weighted by Crippen LogP contribution is 2.19. The zero-order chi connectivity index (χ0) is 13.2. The van der Waals surface area contributed by atoms with E-state index >= 15 is 0 Å². The van der Waals surface area contributed by atoms with E-state index in [-0.39, 0.29) is 19.6 Å². The molecule has 2 aliphatic heterocycles. The smallest absolute Gasteiger partial charge is 0.315 e. The van der Waals surface area contributed by atoms with Crippen molar-refractivity contribution in [1.29, 1.82) is 0 Å². The first-order valence-corrected chi connectivity index (χ1v) is 7.98. The zero-order valence-electron chi connectivity index (χ0n) is 9.70. The average molecular weight is 294 g/mol. The molecule has 0 aromatic rings. The van der Waals surface area contributed by atoms with Crippen LogP contribution in [-0.2, 0) is 24.5 Å². The van der Waals surface area contributed by atoms with Gasteiger partial charge in [-0.05, 0) is 6.42 Å². The summed E-state index contributed by atoms with van der Waals surface area (Å²) in [7, 11) is -3.89. The number of nitrogens with zero attached hydrogens (tertiary/aromatic N) is 2. The maximum Gasteiger partial charge on any atom is 0.315 e. The molecule has 0 saturated carbocycles. The second-order valence-corrected chi connectivity index (χ2v) is 6.81. The van der Waals surface area contributed by atoms with Gasteiger partial charge in [0.15, 0.2) is 0 Å². The first-order valence-electron chi connectivity index (χ1n) is 5.60. The van der Waals surface area contributed by atoms with Gasteiger partial charge in [-0.2, -0.15) is 12.7 Å². The second kappa shape index (κ2) is 5.55. The van der Waals surface area contributed by atoms with Gasteiger partial charge in [0, 0.05) is 25.4 Å². The number of hydrogen-bond acceptors (Lipinski definition) is 6. The lowest BCUT2D eigenvalue weighted by atomic mass is 10.5. The predicted octanol–water partition coefficient (Wildman–Crippen LogP) is -0.944. The van der Waals surface area contributed by atoms with Crippen molar-refractivity contribution in [3.63, 3.8) is 0 Å². The van der Waals surface area contributed by atoms with Gasteiger partial charge >= 0.3 is 16.1 Å². The van der Waals surface area contributed by atoms with Gasteiger partial charge in [0.2, 0.25) is 0 Å². The molecule has 1 amide bonds. The standard InChI is InChI=1S/C9H14N2O5S2/c12-8-9(13)17-7-1-2-11(8)18(14,15)10-3-5-16-6-4-10/h1-7H2. The summed E-state index contributed by atoms with van der Waals surface area (Å²) in [6.45, 7) is 1.12. The molecule has 0 spiro atoms. The molecule has 2 fully saturated rings. The quantitative estimate of drug-likeness (QED) is 0.611. The molecule has 0 radical (unpaired) electrons. The minimum Gasteiger partial charge on any atom is -0.379 e. The Bertz CT molecular complexity index is 444. The lowest BCUT2D eigenvalue weighted by molar-refractivity contribution is -0.136. The third kappa shape index (κ3) is 2.68. The molecule has 0 bridgehead atoms. The number of morpholine rings is 1. The van der Waals surface area contributed by atoms with Crippen LogP contribution < -0.4 is 0 Å². The molecule has 0 aromatic heterocycles. The van der Waals surface area contributed by atoms with Crippen molar-refractivity contribution in [3.05, 3.63) is 0 Å². The van der Waals surface area contributed by atoms with E-state index in [4.69, 9.17) is 4.74 Å². The molecule has 0 unspecified atom stereocenters. The summed E-state index contributed by atoms with van der Waals surface area (Å²) < 4.78 is 31.5. The monoisotopic (exact) mass is 294 g/mol. The van der Waals surface area contributed by atoms with Gasteiger partial charge < -0.3 is 4.74 Å². The molecule has 9 heteroatoms. The molecule has 102 valence electrons. The SMILES string of the molecule is O=C1SCCCN(S(=O)(=O)N2CCOCC2)C1=O. The van der Waals surface area contributed by atoms with Gasteiger partial charge in [0.25, 0.3) is 5.12 Å². The van der Waals surface area contributed by atoms with E-state index in [0.29, 0.717) is 29.7 Å². The molecular weight excluding hydrogens is 280 g/mol. The van der Waals surface area contributed by atoms with Gasteiger partial charge in [0.1, 0.15) is 0 Å². The van der Waals surface area contributed by atoms with E-state index in [0.717, 1.165) is 11.8 Å². The summed E-state index contributed by atoms with van der Waals surface area (Å²) in [6, 6.07) is 0. The van der Waals surface area contributed by atoms with Crippen LogP contribution in [0.1, 0.15) is 6.42 Å². The Morgan fingerprint density at radius 1 is 1.11 bits per heavy atom. The summed E-state index contributed by atoms with van der Waals surface area (Å²) in [5.74, 6) is -0.469. The van der Waals surface area contributed by atoms with E-state index < -0.39 is 21.2 Å². The summed E-state index contributed by atoms with van der Waals surface area (Å²) in [5, 5.41) is -0.704. The van der Waals surface area contributed by atoms with Gasteiger partial charge in [-0.3, -0.25) is 9.59 Å². The highest BCUT2D eigenvalue weighted by atomic mass is 32.2. The van der Waals surface area contributed by atoms with Crippen LogP contribution >= 0.6 is 11.8 Å². The fourth-order valence-corrected chi connectivity index (χ4v) is 4.07. The van der Waals surface area contributed by atoms with Crippen LogP contribution in [0.4, 0.5) is 0 Å². The van der Waals surface area contributed by atoms with E-state index in [1.54, 1.807) is 0 Å². The Balaban J connectivity index is 2.21. The minimum atomic E-state index is -3.89. The van der Waals surface area contributed by atoms with Crippen molar-refractivity contribution in [3.8, 4) is 0 Å². The Kier molecular flexibility index (Phi) is 4.25. The fourth-order valence-electron chi connectivity index (χ4n) is 1.77. The number of thioether (sulfide) groups is 1. The summed E-state index contributed by atoms with van der Waals surface area (Å²) in [5.41, 5.74) is 0. The van der Waals surface area contributed by atoms with Crippen molar-refractivity contribution in [2.75, 3.05) is 38.6 Å². The Hall–Kier alpha value is -0.640. The first-order chi connectivity index (χ1) is 8.53. The van der Waals surface area contributed by atoms with Crippen molar-refractivity contribution >= 4 is 33.0 Å². The van der Waals surface area contributed by atoms with Crippen LogP contribution in [0.2, 0.25) is 0 Å². The molecular formula is C9H14N2O5S2. The van der Waals surface area contributed by atoms with E-state index in [2.05, 4.69) is 0 Å². The van der Waals surface area contributed by atoms with Crippen LogP contribution in [0.3, 0.4) is 0 Å². The van der Waals surface area contributed by atoms with Gasteiger partial charge in [-0.1, -0.05) is 11.8 Å². The average Bonchev–Trinajstić information content (AvgIpc) is 2.54. The third-order valence-corrected chi connectivity index (χ3v) is 5.57. The predicted molar refractivity (Wildman–Crippen MR) is 65.1 cm³/mol. The van der Waals surface area contributed by atoms with Crippen LogP contribution in [0.25, 0.3) is 0 Å². The first kappa shape index (κ1) is 13.8. The summed E-state index contributed by atoms with van der Waals surface area (Å²) >= 11 is 0.876. The highest BCUT2D eigenvalue weighted by Gasteiger charge is 2.38. The molecule has 2 saturated heterocycles. The topological polar surface area (TPSA) is 84.0 Å². The molecule has 2 aliphatic rings. The van der Waals surface area contributed by atoms with Gasteiger partial charge in [0.05, 0.1) is 13.2 Å². The maximum absolute atomic E-state index is 12.3. The van der Waals surface area contributed by atoms with Crippen molar-refractivity contribution in [2.45, 2.75) is 6.42 Å². The molecule has 18 heavy (non-hydrogen) atoms. The maximum atomic E-state index is 12.3. The number of rotatable bonds is 2. The third-order valence-electron chi connectivity index (χ3n) is 2.71. The number of amides is 1. The molecule has 0 N–H and O–H groups in total. The Morgan fingerprint density at radius 3 is 2.44 bits per heavy atom. The van der Waals surface area contributed by atoms with E-state index in [1.165, 1.54) is 4.31 Å². The largest absolute Gasteiger partial charge is 0.379 e. The highest BCUT2D eigenvalue weighted by molar-refractivity contribution is 8.15. The van der Waals surface area contributed by atoms with Crippen LogP contribution in [-0.4, -0.2) is 66.7 Å². The fraction of sp³-hybridized carbons (Fsp3) is 0.778. The number of carbonyl (C=O) groups excluding carboxylic acids is 2. The van der Waals surface area contributed by atoms with Gasteiger partial charge in [-0.25, -0.2) is 4.31 Å². The molecule has 0 atom stereocenters. The number of hydrogen-bond donors (Lipinski definition) is 0. The van der Waals surface area contributed by atoms with E-state index in [9.17, 15) is 18.0 Å². The molecule has 2 heterocycles. The van der Waals surface area contributed by atoms with Crippen LogP contribution in [0.5, 0.6) is 0 Å². The molecule has 0 aliphatic carbocycles. The number of carbonyl (C=O) groups is 2.